The Balaban J connectivity index is 1.65. The molecule has 7 heteroatoms. The van der Waals surface area contributed by atoms with Crippen LogP contribution in [0.2, 0.25) is 0 Å². The van der Waals surface area contributed by atoms with E-state index in [4.69, 9.17) is 4.98 Å². The van der Waals surface area contributed by atoms with Crippen LogP contribution in [0, 0.1) is 18.7 Å². The molecule has 0 aliphatic carbocycles. The van der Waals surface area contributed by atoms with E-state index < -0.39 is 5.82 Å². The first-order valence-corrected chi connectivity index (χ1v) is 9.98. The number of nitrogens with zero attached hydrogens (tertiary/aromatic N) is 4. The van der Waals surface area contributed by atoms with Crippen LogP contribution in [0.4, 0.5) is 10.3 Å². The Labute approximate surface area is 174 Å². The topological polar surface area (TPSA) is 68.1 Å². The molecule has 1 fully saturated rings. The summed E-state index contributed by atoms with van der Waals surface area (Å²) in [6, 6.07) is 9.42. The van der Waals surface area contributed by atoms with Crippen molar-refractivity contribution in [3.63, 3.8) is 0 Å². The number of halogens is 1. The second-order valence-corrected chi connectivity index (χ2v) is 7.68. The van der Waals surface area contributed by atoms with Gasteiger partial charge in [0.05, 0.1) is 5.69 Å². The first-order valence-electron chi connectivity index (χ1n) is 9.98. The maximum Gasteiger partial charge on any atom is 0.255 e. The highest BCUT2D eigenvalue weighted by atomic mass is 19.1. The lowest BCUT2D eigenvalue weighted by atomic mass is 9.88. The van der Waals surface area contributed by atoms with Crippen molar-refractivity contribution in [2.45, 2.75) is 19.8 Å². The van der Waals surface area contributed by atoms with Crippen molar-refractivity contribution >= 4 is 11.7 Å². The van der Waals surface area contributed by atoms with Gasteiger partial charge in [-0.3, -0.25) is 19.1 Å². The van der Waals surface area contributed by atoms with Gasteiger partial charge in [0.2, 0.25) is 5.95 Å². The summed E-state index contributed by atoms with van der Waals surface area (Å²) in [6.45, 7) is 2.96. The molecule has 0 amide bonds. The largest absolute Gasteiger partial charge is 0.341 e. The van der Waals surface area contributed by atoms with Crippen LogP contribution in [0.3, 0.4) is 0 Å². The van der Waals surface area contributed by atoms with E-state index in [-0.39, 0.29) is 17.3 Å². The monoisotopic (exact) mass is 406 g/mol. The lowest BCUT2D eigenvalue weighted by Crippen LogP contribution is -2.42. The lowest BCUT2D eigenvalue weighted by Gasteiger charge is -2.33. The number of Topliss-reactive ketones (excluding diaryl/α,β-unsaturated/α-hetero) is 1. The number of aromatic nitrogens is 3. The zero-order valence-electron chi connectivity index (χ0n) is 17.0. The summed E-state index contributed by atoms with van der Waals surface area (Å²) in [6.07, 6.45) is 4.83. The van der Waals surface area contributed by atoms with Gasteiger partial charge in [0.25, 0.3) is 5.56 Å². The molecule has 1 aliphatic rings. The number of rotatable bonds is 4. The second-order valence-electron chi connectivity index (χ2n) is 7.68. The average Bonchev–Trinajstić information content (AvgIpc) is 2.77. The van der Waals surface area contributed by atoms with Gasteiger partial charge in [-0.1, -0.05) is 6.07 Å². The predicted molar refractivity (Wildman–Crippen MR) is 113 cm³/mol. The molecule has 154 valence electrons. The number of hydrogen-bond donors (Lipinski definition) is 0. The average molecular weight is 406 g/mol. The molecular formula is C23H23FN4O2. The Kier molecular flexibility index (Phi) is 5.44. The molecule has 0 radical (unpaired) electrons. The van der Waals surface area contributed by atoms with Crippen molar-refractivity contribution in [2.24, 2.45) is 13.0 Å². The number of piperidine rings is 1. The van der Waals surface area contributed by atoms with Gasteiger partial charge in [-0.2, -0.15) is 0 Å². The van der Waals surface area contributed by atoms with Crippen LogP contribution in [0.25, 0.3) is 11.3 Å². The summed E-state index contributed by atoms with van der Waals surface area (Å²) >= 11 is 0. The summed E-state index contributed by atoms with van der Waals surface area (Å²) < 4.78 is 15.2. The number of aryl methyl sites for hydroxylation is 1. The van der Waals surface area contributed by atoms with Crippen molar-refractivity contribution in [3.8, 4) is 11.3 Å². The molecule has 0 bridgehead atoms. The van der Waals surface area contributed by atoms with E-state index in [1.165, 1.54) is 22.8 Å². The van der Waals surface area contributed by atoms with E-state index in [0.29, 0.717) is 30.3 Å². The van der Waals surface area contributed by atoms with Gasteiger partial charge in [0, 0.05) is 55.6 Å². The molecular weight excluding hydrogens is 383 g/mol. The van der Waals surface area contributed by atoms with E-state index in [9.17, 15) is 14.0 Å². The van der Waals surface area contributed by atoms with Gasteiger partial charge >= 0.3 is 0 Å². The Hall–Kier alpha value is -3.35. The third-order valence-corrected chi connectivity index (χ3v) is 5.63. The summed E-state index contributed by atoms with van der Waals surface area (Å²) in [7, 11) is 1.68. The molecule has 0 N–H and O–H groups in total. The minimum absolute atomic E-state index is 0.0630. The molecule has 6 nitrogen and oxygen atoms in total. The summed E-state index contributed by atoms with van der Waals surface area (Å²) in [5, 5.41) is 0. The Morgan fingerprint density at radius 2 is 1.93 bits per heavy atom. The smallest absolute Gasteiger partial charge is 0.255 e. The zero-order chi connectivity index (χ0) is 21.3. The van der Waals surface area contributed by atoms with E-state index in [1.54, 1.807) is 37.6 Å². The normalized spacial score (nSPS) is 16.5. The van der Waals surface area contributed by atoms with Crippen molar-refractivity contribution in [3.05, 3.63) is 76.1 Å². The molecule has 4 rings (SSSR count). The third kappa shape index (κ3) is 3.87. The minimum atomic E-state index is -0.411. The molecule has 30 heavy (non-hydrogen) atoms. The number of anilines is 1. The summed E-state index contributed by atoms with van der Waals surface area (Å²) in [4.78, 5) is 36.4. The van der Waals surface area contributed by atoms with Gasteiger partial charge in [-0.15, -0.1) is 0 Å². The second kappa shape index (κ2) is 8.18. The highest BCUT2D eigenvalue weighted by Crippen LogP contribution is 2.26. The number of benzene rings is 1. The molecule has 0 spiro atoms. The SMILES string of the molecule is Cc1ccc(F)cc1C(=O)C1CCCN(c2nc(-c3ccncc3)cc(=O)n2C)C1. The molecule has 2 aromatic heterocycles. The van der Waals surface area contributed by atoms with Crippen LogP contribution in [-0.4, -0.2) is 33.4 Å². The van der Waals surface area contributed by atoms with E-state index in [2.05, 4.69) is 4.98 Å². The van der Waals surface area contributed by atoms with Crippen molar-refractivity contribution in [1.82, 2.24) is 14.5 Å². The standard InChI is InChI=1S/C23H23FN4O2/c1-15-5-6-18(24)12-19(15)22(30)17-4-3-11-28(14-17)23-26-20(13-21(29)27(23)2)16-7-9-25-10-8-16/h5-10,12-13,17H,3-4,11,14H2,1-2H3. The fourth-order valence-corrected chi connectivity index (χ4v) is 3.93. The molecule has 1 aliphatic heterocycles. The van der Waals surface area contributed by atoms with Crippen LogP contribution in [0.5, 0.6) is 0 Å². The fraction of sp³-hybridized carbons (Fsp3) is 0.304. The quantitative estimate of drug-likeness (QED) is 0.622. The van der Waals surface area contributed by atoms with Crippen LogP contribution < -0.4 is 10.5 Å². The van der Waals surface area contributed by atoms with Crippen molar-refractivity contribution in [1.29, 1.82) is 0 Å². The molecule has 1 unspecified atom stereocenters. The fourth-order valence-electron chi connectivity index (χ4n) is 3.93. The highest BCUT2D eigenvalue weighted by Gasteiger charge is 2.29. The Morgan fingerprint density at radius 1 is 1.17 bits per heavy atom. The summed E-state index contributed by atoms with van der Waals surface area (Å²) in [5.41, 5.74) is 2.41. The number of hydrogen-bond acceptors (Lipinski definition) is 5. The molecule has 1 saturated heterocycles. The number of carbonyl (C=O) groups excluding carboxylic acids is 1. The van der Waals surface area contributed by atoms with Crippen molar-refractivity contribution in [2.75, 3.05) is 18.0 Å². The van der Waals surface area contributed by atoms with Gasteiger partial charge in [0.1, 0.15) is 5.82 Å². The maximum atomic E-state index is 13.7. The van der Waals surface area contributed by atoms with E-state index in [1.807, 2.05) is 11.8 Å². The lowest BCUT2D eigenvalue weighted by molar-refractivity contribution is 0.0905. The maximum absolute atomic E-state index is 13.7. The molecule has 3 heterocycles. The van der Waals surface area contributed by atoms with Gasteiger partial charge in [-0.05, 0) is 49.6 Å². The van der Waals surface area contributed by atoms with Crippen LogP contribution in [0.15, 0.2) is 53.6 Å². The van der Waals surface area contributed by atoms with Gasteiger partial charge < -0.3 is 4.90 Å². The highest BCUT2D eigenvalue weighted by molar-refractivity contribution is 5.99. The molecule has 3 aromatic rings. The molecule has 0 saturated carbocycles. The zero-order valence-corrected chi connectivity index (χ0v) is 17.0. The number of ketones is 1. The first-order chi connectivity index (χ1) is 14.4. The minimum Gasteiger partial charge on any atom is -0.341 e. The van der Waals surface area contributed by atoms with E-state index >= 15 is 0 Å². The van der Waals surface area contributed by atoms with Gasteiger partial charge in [0.15, 0.2) is 5.78 Å². The Bertz CT molecular complexity index is 1140. The number of pyridine rings is 1. The van der Waals surface area contributed by atoms with Crippen LogP contribution >= 0.6 is 0 Å². The van der Waals surface area contributed by atoms with Crippen LogP contribution in [0.1, 0.15) is 28.8 Å². The Morgan fingerprint density at radius 3 is 2.70 bits per heavy atom. The number of carbonyl (C=O) groups is 1. The molecule has 1 atom stereocenters. The first kappa shape index (κ1) is 19.9. The van der Waals surface area contributed by atoms with E-state index in [0.717, 1.165) is 24.0 Å². The third-order valence-electron chi connectivity index (χ3n) is 5.63. The molecule has 1 aromatic carbocycles. The van der Waals surface area contributed by atoms with Gasteiger partial charge in [-0.25, -0.2) is 9.37 Å². The van der Waals surface area contributed by atoms with Crippen molar-refractivity contribution < 1.29 is 9.18 Å². The summed E-state index contributed by atoms with van der Waals surface area (Å²) in [5.74, 6) is -0.221. The van der Waals surface area contributed by atoms with Crippen LogP contribution in [-0.2, 0) is 7.05 Å². The predicted octanol–water partition coefficient (Wildman–Crippen LogP) is 3.39.